The Balaban J connectivity index is 2.06. The Kier molecular flexibility index (Phi) is 6.29. The number of aromatic amines is 1. The standard InChI is InChI=1S/C21H26N4O5/c1-4-6-11-25-18(22)16(19(26)23-21(25)28)24(3)12-14-13-9-7-8-10-15(13)30-17(14)20(27)29-5-2/h7-10H,4-6,11-12,22H2,1-3H3,(H,23,26,28). The van der Waals surface area contributed by atoms with Gasteiger partial charge in [-0.1, -0.05) is 31.5 Å². The summed E-state index contributed by atoms with van der Waals surface area (Å²) in [6.07, 6.45) is 1.62. The van der Waals surface area contributed by atoms with Crippen molar-refractivity contribution >= 4 is 28.4 Å². The molecule has 0 fully saturated rings. The summed E-state index contributed by atoms with van der Waals surface area (Å²) >= 11 is 0. The third-order valence-electron chi connectivity index (χ3n) is 4.89. The number of nitrogens with zero attached hydrogens (tertiary/aromatic N) is 2. The van der Waals surface area contributed by atoms with E-state index in [-0.39, 0.29) is 30.4 Å². The minimum Gasteiger partial charge on any atom is -0.460 e. The fraction of sp³-hybridized carbons (Fsp3) is 0.381. The maximum Gasteiger partial charge on any atom is 0.374 e. The fourth-order valence-corrected chi connectivity index (χ4v) is 3.42. The number of unbranched alkanes of at least 4 members (excludes halogenated alkanes) is 1. The molecule has 3 aromatic rings. The molecule has 9 nitrogen and oxygen atoms in total. The van der Waals surface area contributed by atoms with Crippen molar-refractivity contribution < 1.29 is 13.9 Å². The SMILES string of the molecule is CCCCn1c(N)c(N(C)Cc2c(C(=O)OCC)oc3ccccc23)c(=O)[nH]c1=O. The topological polar surface area (TPSA) is 124 Å². The van der Waals surface area contributed by atoms with Gasteiger partial charge in [0.15, 0.2) is 0 Å². The first-order valence-electron chi connectivity index (χ1n) is 9.90. The molecule has 0 aliphatic heterocycles. The Bertz CT molecular complexity index is 1170. The van der Waals surface area contributed by atoms with Gasteiger partial charge in [-0.2, -0.15) is 0 Å². The highest BCUT2D eigenvalue weighted by molar-refractivity contribution is 5.96. The van der Waals surface area contributed by atoms with Crippen molar-refractivity contribution in [2.45, 2.75) is 39.8 Å². The molecule has 0 spiro atoms. The number of anilines is 2. The Morgan fingerprint density at radius 1 is 1.27 bits per heavy atom. The zero-order chi connectivity index (χ0) is 21.8. The van der Waals surface area contributed by atoms with E-state index in [4.69, 9.17) is 14.9 Å². The number of furan rings is 1. The van der Waals surface area contributed by atoms with Crippen LogP contribution >= 0.6 is 0 Å². The van der Waals surface area contributed by atoms with Crippen molar-refractivity contribution in [3.63, 3.8) is 0 Å². The molecular formula is C21H26N4O5. The summed E-state index contributed by atoms with van der Waals surface area (Å²) in [5.74, 6) is -0.406. The van der Waals surface area contributed by atoms with Crippen LogP contribution in [0.5, 0.6) is 0 Å². The summed E-state index contributed by atoms with van der Waals surface area (Å²) in [7, 11) is 1.67. The Hall–Kier alpha value is -3.49. The van der Waals surface area contributed by atoms with E-state index in [9.17, 15) is 14.4 Å². The lowest BCUT2D eigenvalue weighted by molar-refractivity contribution is 0.0491. The van der Waals surface area contributed by atoms with Gasteiger partial charge in [-0.25, -0.2) is 9.59 Å². The van der Waals surface area contributed by atoms with Crippen LogP contribution in [0.1, 0.15) is 42.8 Å². The van der Waals surface area contributed by atoms with Crippen LogP contribution in [0.2, 0.25) is 0 Å². The molecule has 2 heterocycles. The Labute approximate surface area is 173 Å². The minimum absolute atomic E-state index is 0.0826. The highest BCUT2D eigenvalue weighted by Gasteiger charge is 2.24. The number of ether oxygens (including phenoxy) is 1. The van der Waals surface area contributed by atoms with Gasteiger partial charge < -0.3 is 19.8 Å². The van der Waals surface area contributed by atoms with Crippen LogP contribution in [-0.4, -0.2) is 29.2 Å². The van der Waals surface area contributed by atoms with Crippen molar-refractivity contribution in [2.75, 3.05) is 24.3 Å². The largest absolute Gasteiger partial charge is 0.460 e. The minimum atomic E-state index is -0.585. The zero-order valence-corrected chi connectivity index (χ0v) is 17.4. The number of esters is 1. The van der Waals surface area contributed by atoms with Crippen LogP contribution in [-0.2, 0) is 17.8 Å². The molecule has 0 saturated heterocycles. The molecule has 0 amide bonds. The maximum absolute atomic E-state index is 12.5. The quantitative estimate of drug-likeness (QED) is 0.543. The normalized spacial score (nSPS) is 11.0. The van der Waals surface area contributed by atoms with Gasteiger partial charge in [0.2, 0.25) is 5.76 Å². The molecule has 0 bridgehead atoms. The first-order valence-corrected chi connectivity index (χ1v) is 9.90. The summed E-state index contributed by atoms with van der Waals surface area (Å²) in [5, 5.41) is 0.738. The predicted molar refractivity (Wildman–Crippen MR) is 115 cm³/mol. The number of nitrogen functional groups attached to an aromatic ring is 1. The molecule has 0 saturated carbocycles. The molecule has 160 valence electrons. The van der Waals surface area contributed by atoms with Crippen LogP contribution in [0, 0.1) is 0 Å². The third kappa shape index (κ3) is 3.96. The van der Waals surface area contributed by atoms with Crippen LogP contribution in [0.3, 0.4) is 0 Å². The Morgan fingerprint density at radius 2 is 2.00 bits per heavy atom. The number of aromatic nitrogens is 2. The molecule has 3 N–H and O–H groups in total. The molecule has 9 heteroatoms. The highest BCUT2D eigenvalue weighted by Crippen LogP contribution is 2.29. The summed E-state index contributed by atoms with van der Waals surface area (Å²) in [6.45, 7) is 4.49. The van der Waals surface area contributed by atoms with Crippen LogP contribution in [0.15, 0.2) is 38.3 Å². The highest BCUT2D eigenvalue weighted by atomic mass is 16.5. The first-order chi connectivity index (χ1) is 14.4. The summed E-state index contributed by atoms with van der Waals surface area (Å²) in [6, 6.07) is 7.23. The Morgan fingerprint density at radius 3 is 2.70 bits per heavy atom. The fourth-order valence-electron chi connectivity index (χ4n) is 3.42. The van der Waals surface area contributed by atoms with Crippen molar-refractivity contribution in [1.82, 2.24) is 9.55 Å². The van der Waals surface area contributed by atoms with Crippen molar-refractivity contribution in [3.05, 3.63) is 56.4 Å². The number of hydrogen-bond donors (Lipinski definition) is 2. The number of nitrogens with one attached hydrogen (secondary N) is 1. The van der Waals surface area contributed by atoms with Gasteiger partial charge in [-0.05, 0) is 19.4 Å². The molecule has 2 aromatic heterocycles. The monoisotopic (exact) mass is 414 g/mol. The molecule has 1 aromatic carbocycles. The maximum atomic E-state index is 12.5. The van der Waals surface area contributed by atoms with Crippen molar-refractivity contribution in [3.8, 4) is 0 Å². The van der Waals surface area contributed by atoms with E-state index in [1.54, 1.807) is 31.0 Å². The van der Waals surface area contributed by atoms with E-state index < -0.39 is 17.2 Å². The molecule has 0 aliphatic carbocycles. The van der Waals surface area contributed by atoms with E-state index >= 15 is 0 Å². The average Bonchev–Trinajstić information content (AvgIpc) is 3.06. The number of carbonyl (C=O) groups excluding carboxylic acids is 1. The van der Waals surface area contributed by atoms with Gasteiger partial charge in [0, 0.05) is 31.1 Å². The molecular weight excluding hydrogens is 388 g/mol. The molecule has 0 unspecified atom stereocenters. The van der Waals surface area contributed by atoms with E-state index in [0.717, 1.165) is 18.2 Å². The number of nitrogens with two attached hydrogens (primary N) is 1. The van der Waals surface area contributed by atoms with Crippen LogP contribution in [0.25, 0.3) is 11.0 Å². The molecule has 0 atom stereocenters. The van der Waals surface area contributed by atoms with Gasteiger partial charge in [0.25, 0.3) is 5.56 Å². The van der Waals surface area contributed by atoms with Gasteiger partial charge in [-0.3, -0.25) is 14.3 Å². The number of H-pyrrole nitrogens is 1. The number of para-hydroxylation sites is 1. The van der Waals surface area contributed by atoms with Gasteiger partial charge >= 0.3 is 11.7 Å². The van der Waals surface area contributed by atoms with E-state index in [1.165, 1.54) is 4.57 Å². The van der Waals surface area contributed by atoms with E-state index in [1.807, 2.05) is 19.1 Å². The third-order valence-corrected chi connectivity index (χ3v) is 4.89. The van der Waals surface area contributed by atoms with Gasteiger partial charge in [0.05, 0.1) is 6.61 Å². The van der Waals surface area contributed by atoms with Crippen LogP contribution < -0.4 is 21.9 Å². The molecule has 30 heavy (non-hydrogen) atoms. The summed E-state index contributed by atoms with van der Waals surface area (Å²) in [5.41, 5.74) is 6.36. The predicted octanol–water partition coefficient (Wildman–Crippen LogP) is 2.48. The van der Waals surface area contributed by atoms with Gasteiger partial charge in [0.1, 0.15) is 17.1 Å². The summed E-state index contributed by atoms with van der Waals surface area (Å²) < 4.78 is 12.2. The van der Waals surface area contributed by atoms with Crippen molar-refractivity contribution in [1.29, 1.82) is 0 Å². The second kappa shape index (κ2) is 8.89. The number of hydrogen-bond acceptors (Lipinski definition) is 7. The second-order valence-electron chi connectivity index (χ2n) is 6.98. The first kappa shape index (κ1) is 21.2. The van der Waals surface area contributed by atoms with Crippen LogP contribution in [0.4, 0.5) is 11.5 Å². The zero-order valence-electron chi connectivity index (χ0n) is 17.4. The van der Waals surface area contributed by atoms with Crippen molar-refractivity contribution in [2.24, 2.45) is 0 Å². The van der Waals surface area contributed by atoms with Gasteiger partial charge in [-0.15, -0.1) is 0 Å². The summed E-state index contributed by atoms with van der Waals surface area (Å²) in [4.78, 5) is 41.1. The number of benzene rings is 1. The smallest absolute Gasteiger partial charge is 0.374 e. The number of rotatable bonds is 8. The lowest BCUT2D eigenvalue weighted by Crippen LogP contribution is -2.37. The lowest BCUT2D eigenvalue weighted by atomic mass is 10.1. The second-order valence-corrected chi connectivity index (χ2v) is 6.98. The lowest BCUT2D eigenvalue weighted by Gasteiger charge is -2.22. The van der Waals surface area contributed by atoms with E-state index in [0.29, 0.717) is 17.7 Å². The molecule has 0 radical (unpaired) electrons. The number of carbonyl (C=O) groups is 1. The molecule has 0 aliphatic rings. The average molecular weight is 414 g/mol. The van der Waals surface area contributed by atoms with E-state index in [2.05, 4.69) is 4.98 Å². The number of fused-ring (bicyclic) bond motifs is 1. The molecule has 3 rings (SSSR count).